The molecule has 7 nitrogen and oxygen atoms in total. The number of nitrogens with one attached hydrogen (secondary N) is 1. The second kappa shape index (κ2) is 7.14. The fourth-order valence-corrected chi connectivity index (χ4v) is 2.85. The predicted molar refractivity (Wildman–Crippen MR) is 91.1 cm³/mol. The van der Waals surface area contributed by atoms with Gasteiger partial charge < -0.3 is 19.5 Å². The summed E-state index contributed by atoms with van der Waals surface area (Å²) >= 11 is 1.49. The van der Waals surface area contributed by atoms with Crippen LogP contribution in [0.2, 0.25) is 0 Å². The van der Waals surface area contributed by atoms with E-state index in [1.807, 2.05) is 11.4 Å². The Bertz CT molecular complexity index is 865. The van der Waals surface area contributed by atoms with Crippen LogP contribution in [0.1, 0.15) is 0 Å². The molecule has 0 atom stereocenters. The molecule has 0 unspecified atom stereocenters. The lowest BCUT2D eigenvalue weighted by molar-refractivity contribution is -0.118. The molecule has 1 aromatic carbocycles. The summed E-state index contributed by atoms with van der Waals surface area (Å²) in [6.07, 6.45) is 1.42. The minimum Gasteiger partial charge on any atom is -0.493 e. The Kier molecular flexibility index (Phi) is 4.76. The number of ether oxygens (including phenoxy) is 3. The van der Waals surface area contributed by atoms with Crippen LogP contribution in [-0.2, 0) is 4.79 Å². The highest BCUT2D eigenvalue weighted by molar-refractivity contribution is 7.16. The largest absolute Gasteiger partial charge is 0.493 e. The SMILES string of the molecule is COc1ccc(NC(=O)COc2ncnc3sccc23)cc1OC. The number of hydrogen-bond acceptors (Lipinski definition) is 7. The number of benzene rings is 1. The van der Waals surface area contributed by atoms with Crippen molar-refractivity contribution in [3.05, 3.63) is 36.0 Å². The summed E-state index contributed by atoms with van der Waals surface area (Å²) in [5.74, 6) is 1.22. The first-order valence-corrected chi connectivity index (χ1v) is 7.92. The van der Waals surface area contributed by atoms with Crippen LogP contribution in [0.15, 0.2) is 36.0 Å². The number of fused-ring (bicyclic) bond motifs is 1. The van der Waals surface area contributed by atoms with Crippen LogP contribution in [0.25, 0.3) is 10.2 Å². The number of hydrogen-bond donors (Lipinski definition) is 1. The van der Waals surface area contributed by atoms with Crippen molar-refractivity contribution in [3.63, 3.8) is 0 Å². The van der Waals surface area contributed by atoms with Crippen molar-refractivity contribution >= 4 is 33.1 Å². The molecule has 2 heterocycles. The smallest absolute Gasteiger partial charge is 0.262 e. The van der Waals surface area contributed by atoms with Gasteiger partial charge in [0.1, 0.15) is 11.2 Å². The molecule has 0 saturated carbocycles. The Morgan fingerprint density at radius 3 is 2.79 bits per heavy atom. The summed E-state index contributed by atoms with van der Waals surface area (Å²) in [7, 11) is 3.09. The molecule has 0 aliphatic carbocycles. The van der Waals surface area contributed by atoms with Gasteiger partial charge in [-0.15, -0.1) is 11.3 Å². The van der Waals surface area contributed by atoms with Crippen molar-refractivity contribution in [1.82, 2.24) is 9.97 Å². The van der Waals surface area contributed by atoms with Crippen LogP contribution < -0.4 is 19.5 Å². The van der Waals surface area contributed by atoms with Crippen molar-refractivity contribution in [1.29, 1.82) is 0 Å². The van der Waals surface area contributed by atoms with E-state index >= 15 is 0 Å². The Hall–Kier alpha value is -2.87. The minimum atomic E-state index is -0.302. The zero-order chi connectivity index (χ0) is 16.9. The normalized spacial score (nSPS) is 10.4. The Morgan fingerprint density at radius 2 is 2.00 bits per heavy atom. The van der Waals surface area contributed by atoms with E-state index in [0.29, 0.717) is 23.1 Å². The molecule has 8 heteroatoms. The lowest BCUT2D eigenvalue weighted by Crippen LogP contribution is -2.20. The maximum atomic E-state index is 12.1. The molecule has 0 saturated heterocycles. The average Bonchev–Trinajstić information content (AvgIpc) is 3.09. The Balaban J connectivity index is 1.65. The van der Waals surface area contributed by atoms with Gasteiger partial charge >= 0.3 is 0 Å². The summed E-state index contributed by atoms with van der Waals surface area (Å²) < 4.78 is 15.9. The quantitative estimate of drug-likeness (QED) is 0.740. The Morgan fingerprint density at radius 1 is 1.17 bits per heavy atom. The maximum Gasteiger partial charge on any atom is 0.262 e. The molecule has 2 aromatic heterocycles. The number of nitrogens with zero attached hydrogens (tertiary/aromatic N) is 2. The summed E-state index contributed by atoms with van der Waals surface area (Å²) in [4.78, 5) is 21.1. The second-order valence-electron chi connectivity index (χ2n) is 4.72. The summed E-state index contributed by atoms with van der Waals surface area (Å²) in [6.45, 7) is -0.156. The number of carbonyl (C=O) groups excluding carboxylic acids is 1. The highest BCUT2D eigenvalue weighted by atomic mass is 32.1. The van der Waals surface area contributed by atoms with Crippen molar-refractivity contribution in [2.24, 2.45) is 0 Å². The third-order valence-corrected chi connectivity index (χ3v) is 4.05. The average molecular weight is 345 g/mol. The monoisotopic (exact) mass is 345 g/mol. The van der Waals surface area contributed by atoms with Crippen molar-refractivity contribution in [2.45, 2.75) is 0 Å². The van der Waals surface area contributed by atoms with Gasteiger partial charge in [0, 0.05) is 11.8 Å². The zero-order valence-corrected chi connectivity index (χ0v) is 13.9. The molecule has 124 valence electrons. The fourth-order valence-electron chi connectivity index (χ4n) is 2.13. The maximum absolute atomic E-state index is 12.1. The lowest BCUT2D eigenvalue weighted by Gasteiger charge is -2.11. The van der Waals surface area contributed by atoms with Crippen molar-refractivity contribution in [3.8, 4) is 17.4 Å². The van der Waals surface area contributed by atoms with Crippen molar-refractivity contribution < 1.29 is 19.0 Å². The van der Waals surface area contributed by atoms with Gasteiger partial charge in [0.15, 0.2) is 18.1 Å². The van der Waals surface area contributed by atoms with Gasteiger partial charge in [-0.25, -0.2) is 9.97 Å². The van der Waals surface area contributed by atoms with Crippen LogP contribution in [0.4, 0.5) is 5.69 Å². The third kappa shape index (κ3) is 3.38. The molecule has 0 radical (unpaired) electrons. The second-order valence-corrected chi connectivity index (χ2v) is 5.62. The van der Waals surface area contributed by atoms with E-state index in [1.165, 1.54) is 24.8 Å². The topological polar surface area (TPSA) is 82.6 Å². The van der Waals surface area contributed by atoms with E-state index in [4.69, 9.17) is 14.2 Å². The fraction of sp³-hybridized carbons (Fsp3) is 0.188. The molecule has 0 spiro atoms. The van der Waals surface area contributed by atoms with Crippen LogP contribution in [0.5, 0.6) is 17.4 Å². The third-order valence-electron chi connectivity index (χ3n) is 3.23. The molecular formula is C16H15N3O4S. The van der Waals surface area contributed by atoms with Crippen LogP contribution in [0, 0.1) is 0 Å². The van der Waals surface area contributed by atoms with Crippen LogP contribution >= 0.6 is 11.3 Å². The lowest BCUT2D eigenvalue weighted by atomic mass is 10.2. The number of rotatable bonds is 6. The number of methoxy groups -OCH3 is 2. The van der Waals surface area contributed by atoms with Gasteiger partial charge in [-0.2, -0.15) is 0 Å². The summed E-state index contributed by atoms with van der Waals surface area (Å²) in [6, 6.07) is 6.98. The molecular weight excluding hydrogens is 330 g/mol. The van der Waals surface area contributed by atoms with Gasteiger partial charge in [0.05, 0.1) is 19.6 Å². The van der Waals surface area contributed by atoms with E-state index in [1.54, 1.807) is 25.3 Å². The van der Waals surface area contributed by atoms with Crippen LogP contribution in [-0.4, -0.2) is 36.7 Å². The highest BCUT2D eigenvalue weighted by Crippen LogP contribution is 2.30. The number of amides is 1. The van der Waals surface area contributed by atoms with Crippen LogP contribution in [0.3, 0.4) is 0 Å². The molecule has 1 amide bonds. The highest BCUT2D eigenvalue weighted by Gasteiger charge is 2.10. The first-order valence-electron chi connectivity index (χ1n) is 7.04. The molecule has 0 aliphatic rings. The van der Waals surface area contributed by atoms with Gasteiger partial charge in [0.25, 0.3) is 5.91 Å². The number of aromatic nitrogens is 2. The van der Waals surface area contributed by atoms with Crippen molar-refractivity contribution in [2.75, 3.05) is 26.1 Å². The summed E-state index contributed by atoms with van der Waals surface area (Å²) in [5, 5.41) is 5.43. The number of thiophene rings is 1. The van der Waals surface area contributed by atoms with E-state index in [-0.39, 0.29) is 12.5 Å². The Labute approximate surface area is 142 Å². The number of carbonyl (C=O) groups is 1. The van der Waals surface area contributed by atoms with E-state index in [2.05, 4.69) is 15.3 Å². The first kappa shape index (κ1) is 16.0. The molecule has 0 aliphatic heterocycles. The molecule has 0 bridgehead atoms. The van der Waals surface area contributed by atoms with E-state index in [9.17, 15) is 4.79 Å². The number of anilines is 1. The molecule has 1 N–H and O–H groups in total. The summed E-state index contributed by atoms with van der Waals surface area (Å²) in [5.41, 5.74) is 0.588. The van der Waals surface area contributed by atoms with Gasteiger partial charge in [-0.05, 0) is 23.6 Å². The molecule has 3 rings (SSSR count). The minimum absolute atomic E-state index is 0.156. The van der Waals surface area contributed by atoms with E-state index in [0.717, 1.165) is 10.2 Å². The van der Waals surface area contributed by atoms with Gasteiger partial charge in [-0.1, -0.05) is 0 Å². The van der Waals surface area contributed by atoms with Gasteiger partial charge in [0.2, 0.25) is 5.88 Å². The zero-order valence-electron chi connectivity index (χ0n) is 13.1. The first-order chi connectivity index (χ1) is 11.7. The predicted octanol–water partition coefficient (Wildman–Crippen LogP) is 2.73. The standard InChI is InChI=1S/C16H15N3O4S/c1-21-12-4-3-10(7-13(12)22-2)19-14(20)8-23-15-11-5-6-24-16(11)18-9-17-15/h3-7,9H,8H2,1-2H3,(H,19,20). The molecule has 3 aromatic rings. The van der Waals surface area contributed by atoms with E-state index < -0.39 is 0 Å². The van der Waals surface area contributed by atoms with Gasteiger partial charge in [-0.3, -0.25) is 4.79 Å². The molecule has 0 fully saturated rings. The molecule has 24 heavy (non-hydrogen) atoms.